The molecule has 164 valence electrons. The second kappa shape index (κ2) is 9.82. The van der Waals surface area contributed by atoms with Crippen LogP contribution in [-0.2, 0) is 6.42 Å². The zero-order valence-corrected chi connectivity index (χ0v) is 19.6. The molecule has 0 aliphatic carbocycles. The number of halogens is 2. The Morgan fingerprint density at radius 1 is 0.875 bits per heavy atom. The molecule has 2 heterocycles. The molecule has 0 saturated heterocycles. The third-order valence-corrected chi connectivity index (χ3v) is 6.21. The number of nitrogens with zero attached hydrogens (tertiary/aromatic N) is 4. The van der Waals surface area contributed by atoms with E-state index in [1.54, 1.807) is 16.7 Å². The molecule has 0 amide bonds. The van der Waals surface area contributed by atoms with Gasteiger partial charge in [-0.3, -0.25) is 9.36 Å². The van der Waals surface area contributed by atoms with Gasteiger partial charge >= 0.3 is 0 Å². The van der Waals surface area contributed by atoms with E-state index in [9.17, 15) is 4.79 Å². The maximum atomic E-state index is 13.0. The van der Waals surface area contributed by atoms with Crippen molar-refractivity contribution in [3.63, 3.8) is 0 Å². The maximum Gasteiger partial charge on any atom is 0.256 e. The van der Waals surface area contributed by atoms with Crippen LogP contribution >= 0.6 is 23.2 Å². The SMILES string of the molecule is CCN(CC)CCc1nc(-c2ccccc2Cl)c2ccc(=O)n(-c3ccccc3Cl)c2n1. The average molecular weight is 467 g/mol. The largest absolute Gasteiger partial charge is 0.303 e. The Kier molecular flexibility index (Phi) is 6.89. The fraction of sp³-hybridized carbons (Fsp3) is 0.240. The minimum atomic E-state index is -0.205. The van der Waals surface area contributed by atoms with E-state index < -0.39 is 0 Å². The lowest BCUT2D eigenvalue weighted by Crippen LogP contribution is -2.26. The lowest BCUT2D eigenvalue weighted by molar-refractivity contribution is 0.306. The van der Waals surface area contributed by atoms with Gasteiger partial charge in [0.15, 0.2) is 5.65 Å². The molecule has 0 aliphatic rings. The highest BCUT2D eigenvalue weighted by molar-refractivity contribution is 6.33. The highest BCUT2D eigenvalue weighted by Crippen LogP contribution is 2.32. The average Bonchev–Trinajstić information content (AvgIpc) is 2.80. The summed E-state index contributed by atoms with van der Waals surface area (Å²) in [7, 11) is 0. The van der Waals surface area contributed by atoms with Gasteiger partial charge in [0.2, 0.25) is 0 Å². The number of hydrogen-bond acceptors (Lipinski definition) is 4. The Labute approximate surface area is 197 Å². The maximum absolute atomic E-state index is 13.0. The van der Waals surface area contributed by atoms with Gasteiger partial charge in [0.05, 0.1) is 16.4 Å². The summed E-state index contributed by atoms with van der Waals surface area (Å²) in [6.07, 6.45) is 0.653. The number of fused-ring (bicyclic) bond motifs is 1. The number of benzene rings is 2. The van der Waals surface area contributed by atoms with E-state index in [1.807, 2.05) is 42.5 Å². The molecular weight excluding hydrogens is 443 g/mol. The predicted octanol–water partition coefficient (Wildman–Crippen LogP) is 5.64. The van der Waals surface area contributed by atoms with Crippen molar-refractivity contribution in [3.8, 4) is 16.9 Å². The van der Waals surface area contributed by atoms with Gasteiger partial charge in [-0.15, -0.1) is 0 Å². The van der Waals surface area contributed by atoms with E-state index in [2.05, 4.69) is 18.7 Å². The summed E-state index contributed by atoms with van der Waals surface area (Å²) in [4.78, 5) is 25.0. The van der Waals surface area contributed by atoms with Gasteiger partial charge in [-0.1, -0.05) is 67.4 Å². The van der Waals surface area contributed by atoms with E-state index in [4.69, 9.17) is 33.2 Å². The van der Waals surface area contributed by atoms with Crippen LogP contribution in [0.3, 0.4) is 0 Å². The number of pyridine rings is 1. The predicted molar refractivity (Wildman–Crippen MR) is 132 cm³/mol. The van der Waals surface area contributed by atoms with E-state index in [0.29, 0.717) is 39.3 Å². The van der Waals surface area contributed by atoms with Crippen molar-refractivity contribution in [1.82, 2.24) is 19.4 Å². The summed E-state index contributed by atoms with van der Waals surface area (Å²) in [5.41, 5.74) is 2.41. The molecule has 0 fully saturated rings. The van der Waals surface area contributed by atoms with Gasteiger partial charge in [0, 0.05) is 35.0 Å². The number of rotatable bonds is 7. The summed E-state index contributed by atoms with van der Waals surface area (Å²) in [5.74, 6) is 0.658. The van der Waals surface area contributed by atoms with E-state index >= 15 is 0 Å². The third-order valence-electron chi connectivity index (χ3n) is 5.57. The second-order valence-electron chi connectivity index (χ2n) is 7.44. The molecule has 0 radical (unpaired) electrons. The molecule has 7 heteroatoms. The Morgan fingerprint density at radius 3 is 2.25 bits per heavy atom. The summed E-state index contributed by atoms with van der Waals surface area (Å²) in [6, 6.07) is 18.1. The van der Waals surface area contributed by atoms with Crippen LogP contribution in [-0.4, -0.2) is 39.1 Å². The van der Waals surface area contributed by atoms with Crippen LogP contribution in [0.2, 0.25) is 10.0 Å². The van der Waals surface area contributed by atoms with Crippen molar-refractivity contribution in [2.75, 3.05) is 19.6 Å². The van der Waals surface area contributed by atoms with Gasteiger partial charge in [-0.05, 0) is 37.4 Å². The first-order chi connectivity index (χ1) is 15.5. The smallest absolute Gasteiger partial charge is 0.256 e. The Morgan fingerprint density at radius 2 is 1.56 bits per heavy atom. The molecule has 0 aliphatic heterocycles. The third kappa shape index (κ3) is 4.42. The summed E-state index contributed by atoms with van der Waals surface area (Å²) in [6.45, 7) is 6.99. The lowest BCUT2D eigenvalue weighted by atomic mass is 10.1. The zero-order valence-electron chi connectivity index (χ0n) is 18.1. The van der Waals surface area contributed by atoms with Crippen LogP contribution in [0.4, 0.5) is 0 Å². The Hall–Kier alpha value is -2.73. The van der Waals surface area contributed by atoms with Crippen LogP contribution < -0.4 is 5.56 Å². The van der Waals surface area contributed by atoms with Gasteiger partial charge in [0.1, 0.15) is 5.82 Å². The van der Waals surface area contributed by atoms with Crippen LogP contribution in [0.5, 0.6) is 0 Å². The summed E-state index contributed by atoms with van der Waals surface area (Å²) in [5, 5.41) is 1.81. The first kappa shape index (κ1) is 22.5. The first-order valence-corrected chi connectivity index (χ1v) is 11.4. The van der Waals surface area contributed by atoms with Crippen molar-refractivity contribution in [3.05, 3.63) is 86.9 Å². The Balaban J connectivity index is 2.00. The fourth-order valence-corrected chi connectivity index (χ4v) is 4.24. The summed E-state index contributed by atoms with van der Waals surface area (Å²) >= 11 is 13.0. The highest BCUT2D eigenvalue weighted by atomic mass is 35.5. The standard InChI is InChI=1S/C25H24Cl2N4O/c1-3-30(4-2)16-15-22-28-24(17-9-5-6-10-19(17)26)18-13-14-23(32)31(25(18)29-22)21-12-8-7-11-20(21)27/h5-14H,3-4,15-16H2,1-2H3. The number of para-hydroxylation sites is 1. The molecule has 32 heavy (non-hydrogen) atoms. The van der Waals surface area contributed by atoms with Crippen LogP contribution in [0, 0.1) is 0 Å². The number of likely N-dealkylation sites (N-methyl/N-ethyl adjacent to an activating group) is 1. The van der Waals surface area contributed by atoms with Gasteiger partial charge in [-0.2, -0.15) is 0 Å². The molecule has 0 atom stereocenters. The number of aromatic nitrogens is 3. The number of hydrogen-bond donors (Lipinski definition) is 0. The van der Waals surface area contributed by atoms with Crippen LogP contribution in [0.15, 0.2) is 65.5 Å². The molecule has 2 aromatic carbocycles. The molecule has 0 unspecified atom stereocenters. The molecule has 0 N–H and O–H groups in total. The minimum Gasteiger partial charge on any atom is -0.303 e. The van der Waals surface area contributed by atoms with Crippen LogP contribution in [0.1, 0.15) is 19.7 Å². The van der Waals surface area contributed by atoms with Crippen molar-refractivity contribution in [2.45, 2.75) is 20.3 Å². The van der Waals surface area contributed by atoms with E-state index in [1.165, 1.54) is 6.07 Å². The minimum absolute atomic E-state index is 0.205. The Bertz CT molecular complexity index is 1320. The van der Waals surface area contributed by atoms with Gasteiger partial charge in [0.25, 0.3) is 5.56 Å². The zero-order chi connectivity index (χ0) is 22.7. The van der Waals surface area contributed by atoms with Crippen molar-refractivity contribution >= 4 is 34.2 Å². The molecule has 2 aromatic heterocycles. The molecule has 4 aromatic rings. The van der Waals surface area contributed by atoms with Crippen molar-refractivity contribution in [2.24, 2.45) is 0 Å². The summed E-state index contributed by atoms with van der Waals surface area (Å²) < 4.78 is 1.56. The monoisotopic (exact) mass is 466 g/mol. The van der Waals surface area contributed by atoms with Crippen molar-refractivity contribution < 1.29 is 0 Å². The van der Waals surface area contributed by atoms with E-state index in [0.717, 1.165) is 30.6 Å². The molecule has 5 nitrogen and oxygen atoms in total. The molecule has 0 bridgehead atoms. The quantitative estimate of drug-likeness (QED) is 0.353. The molecule has 4 rings (SSSR count). The highest BCUT2D eigenvalue weighted by Gasteiger charge is 2.18. The second-order valence-corrected chi connectivity index (χ2v) is 8.26. The lowest BCUT2D eigenvalue weighted by Gasteiger charge is -2.18. The van der Waals surface area contributed by atoms with Gasteiger partial charge in [-0.25, -0.2) is 9.97 Å². The fourth-order valence-electron chi connectivity index (χ4n) is 3.79. The topological polar surface area (TPSA) is 51.0 Å². The van der Waals surface area contributed by atoms with Crippen LogP contribution in [0.25, 0.3) is 28.0 Å². The van der Waals surface area contributed by atoms with Gasteiger partial charge < -0.3 is 4.90 Å². The molecular formula is C25H24Cl2N4O. The molecule has 0 spiro atoms. The van der Waals surface area contributed by atoms with Crippen molar-refractivity contribution in [1.29, 1.82) is 0 Å². The normalized spacial score (nSPS) is 11.4. The van der Waals surface area contributed by atoms with E-state index in [-0.39, 0.29) is 5.56 Å². The first-order valence-electron chi connectivity index (χ1n) is 10.7. The molecule has 0 saturated carbocycles.